The average molecular weight is 313 g/mol. The highest BCUT2D eigenvalue weighted by Gasteiger charge is 2.28. The number of hydrogen-bond acceptors (Lipinski definition) is 5. The molecule has 0 saturated carbocycles. The monoisotopic (exact) mass is 313 g/mol. The molecule has 1 aliphatic rings. The van der Waals surface area contributed by atoms with Gasteiger partial charge in [0.15, 0.2) is 18.2 Å². The highest BCUT2D eigenvalue weighted by molar-refractivity contribution is 6.04. The lowest BCUT2D eigenvalue weighted by Gasteiger charge is -2.27. The number of methoxy groups -OCH3 is 1. The van der Waals surface area contributed by atoms with E-state index in [9.17, 15) is 9.59 Å². The maximum absolute atomic E-state index is 12.2. The number of rotatable bonds is 4. The molecule has 7 nitrogen and oxygen atoms in total. The Bertz CT molecular complexity index is 748. The number of ether oxygens (including phenoxy) is 2. The van der Waals surface area contributed by atoms with Crippen molar-refractivity contribution in [3.05, 3.63) is 42.6 Å². The maximum Gasteiger partial charge on any atom is 0.266 e. The molecule has 1 aromatic carbocycles. The number of pyridine rings is 1. The summed E-state index contributed by atoms with van der Waals surface area (Å²) in [5.74, 6) is 0.838. The van der Waals surface area contributed by atoms with E-state index in [0.717, 1.165) is 0 Å². The molecule has 23 heavy (non-hydrogen) atoms. The highest BCUT2D eigenvalue weighted by atomic mass is 16.5. The molecule has 118 valence electrons. The van der Waals surface area contributed by atoms with Crippen molar-refractivity contribution >= 4 is 23.3 Å². The molecule has 2 heterocycles. The van der Waals surface area contributed by atoms with E-state index in [4.69, 9.17) is 9.47 Å². The van der Waals surface area contributed by atoms with Crippen molar-refractivity contribution in [1.82, 2.24) is 4.98 Å². The van der Waals surface area contributed by atoms with Gasteiger partial charge in [0.25, 0.3) is 5.91 Å². The lowest BCUT2D eigenvalue weighted by Crippen LogP contribution is -2.43. The largest absolute Gasteiger partial charge is 0.497 e. The number of benzene rings is 1. The smallest absolute Gasteiger partial charge is 0.266 e. The lowest BCUT2D eigenvalue weighted by atomic mass is 10.3. The molecular weight excluding hydrogens is 298 g/mol. The zero-order valence-corrected chi connectivity index (χ0v) is 12.5. The standard InChI is InChI=1S/C16H15N3O4/c1-22-12-5-2-4-11(8-12)18-14(20)9-19-15(21)10-23-13-6-3-7-17-16(13)19/h2-8H,9-10H2,1H3,(H,18,20). The maximum atomic E-state index is 12.2. The van der Waals surface area contributed by atoms with Gasteiger partial charge in [-0.2, -0.15) is 0 Å². The number of fused-ring (bicyclic) bond motifs is 1. The predicted molar refractivity (Wildman–Crippen MR) is 83.7 cm³/mol. The van der Waals surface area contributed by atoms with E-state index in [0.29, 0.717) is 23.0 Å². The third-order valence-corrected chi connectivity index (χ3v) is 3.31. The van der Waals surface area contributed by atoms with Crippen LogP contribution in [-0.4, -0.2) is 37.1 Å². The number of carbonyl (C=O) groups is 2. The van der Waals surface area contributed by atoms with Crippen LogP contribution >= 0.6 is 0 Å². The van der Waals surface area contributed by atoms with Crippen molar-refractivity contribution in [2.24, 2.45) is 0 Å². The zero-order chi connectivity index (χ0) is 16.2. The number of nitrogens with one attached hydrogen (secondary N) is 1. The molecule has 1 aromatic heterocycles. The Morgan fingerprint density at radius 3 is 3.09 bits per heavy atom. The van der Waals surface area contributed by atoms with E-state index in [-0.39, 0.29) is 25.0 Å². The topological polar surface area (TPSA) is 80.8 Å². The van der Waals surface area contributed by atoms with E-state index in [1.807, 2.05) is 0 Å². The van der Waals surface area contributed by atoms with Crippen LogP contribution in [0.5, 0.6) is 11.5 Å². The fourth-order valence-corrected chi connectivity index (χ4v) is 2.24. The van der Waals surface area contributed by atoms with E-state index in [1.165, 1.54) is 4.90 Å². The molecule has 3 rings (SSSR count). The quantitative estimate of drug-likeness (QED) is 0.924. The molecule has 1 N–H and O–H groups in total. The van der Waals surface area contributed by atoms with Crippen molar-refractivity contribution in [3.63, 3.8) is 0 Å². The Kier molecular flexibility index (Phi) is 4.09. The SMILES string of the molecule is COc1cccc(NC(=O)CN2C(=O)COc3cccnc32)c1. The molecule has 0 unspecified atom stereocenters. The van der Waals surface area contributed by atoms with E-state index < -0.39 is 0 Å². The number of nitrogens with zero attached hydrogens (tertiary/aromatic N) is 2. The zero-order valence-electron chi connectivity index (χ0n) is 12.5. The molecule has 0 spiro atoms. The van der Waals surface area contributed by atoms with Gasteiger partial charge < -0.3 is 14.8 Å². The minimum absolute atomic E-state index is 0.106. The van der Waals surface area contributed by atoms with Gasteiger partial charge in [0.2, 0.25) is 5.91 Å². The van der Waals surface area contributed by atoms with Crippen molar-refractivity contribution < 1.29 is 19.1 Å². The van der Waals surface area contributed by atoms with Crippen molar-refractivity contribution in [2.45, 2.75) is 0 Å². The highest BCUT2D eigenvalue weighted by Crippen LogP contribution is 2.28. The first-order chi connectivity index (χ1) is 11.2. The Hall–Kier alpha value is -3.09. The summed E-state index contributed by atoms with van der Waals surface area (Å²) in [5.41, 5.74) is 0.594. The lowest BCUT2D eigenvalue weighted by molar-refractivity contribution is -0.123. The second kappa shape index (κ2) is 6.35. The number of anilines is 2. The number of carbonyl (C=O) groups excluding carboxylic acids is 2. The Morgan fingerprint density at radius 1 is 1.39 bits per heavy atom. The molecule has 0 radical (unpaired) electrons. The van der Waals surface area contributed by atoms with Gasteiger partial charge in [0.05, 0.1) is 7.11 Å². The van der Waals surface area contributed by atoms with Crippen molar-refractivity contribution in [3.8, 4) is 11.5 Å². The van der Waals surface area contributed by atoms with Gasteiger partial charge in [-0.1, -0.05) is 6.07 Å². The Morgan fingerprint density at radius 2 is 2.26 bits per heavy atom. The van der Waals surface area contributed by atoms with Crippen LogP contribution in [0.1, 0.15) is 0 Å². The van der Waals surface area contributed by atoms with Gasteiger partial charge in [0, 0.05) is 18.0 Å². The normalized spacial score (nSPS) is 13.1. The molecule has 0 atom stereocenters. The van der Waals surface area contributed by atoms with E-state index in [1.54, 1.807) is 49.7 Å². The number of aromatic nitrogens is 1. The van der Waals surface area contributed by atoms with Crippen LogP contribution in [0, 0.1) is 0 Å². The van der Waals surface area contributed by atoms with Crippen LogP contribution in [0.25, 0.3) is 0 Å². The molecule has 1 aliphatic heterocycles. The van der Waals surface area contributed by atoms with Crippen LogP contribution < -0.4 is 19.7 Å². The van der Waals surface area contributed by atoms with Gasteiger partial charge in [-0.15, -0.1) is 0 Å². The third kappa shape index (κ3) is 3.23. The number of hydrogen-bond donors (Lipinski definition) is 1. The van der Waals surface area contributed by atoms with Gasteiger partial charge >= 0.3 is 0 Å². The molecular formula is C16H15N3O4. The van der Waals surface area contributed by atoms with E-state index >= 15 is 0 Å². The summed E-state index contributed by atoms with van der Waals surface area (Å²) in [6, 6.07) is 10.4. The van der Waals surface area contributed by atoms with Crippen molar-refractivity contribution in [2.75, 3.05) is 30.5 Å². The fraction of sp³-hybridized carbons (Fsp3) is 0.188. The van der Waals surface area contributed by atoms with Gasteiger partial charge in [-0.25, -0.2) is 4.98 Å². The number of amides is 2. The molecule has 0 saturated heterocycles. The first kappa shape index (κ1) is 14.8. The third-order valence-electron chi connectivity index (χ3n) is 3.31. The van der Waals surface area contributed by atoms with Crippen LogP contribution in [0.2, 0.25) is 0 Å². The molecule has 0 bridgehead atoms. The molecule has 2 amide bonds. The average Bonchev–Trinajstić information content (AvgIpc) is 2.57. The van der Waals surface area contributed by atoms with Crippen molar-refractivity contribution in [1.29, 1.82) is 0 Å². The first-order valence-electron chi connectivity index (χ1n) is 6.99. The summed E-state index contributed by atoms with van der Waals surface area (Å²) >= 11 is 0. The van der Waals surface area contributed by atoms with E-state index in [2.05, 4.69) is 10.3 Å². The van der Waals surface area contributed by atoms with Gasteiger partial charge in [-0.3, -0.25) is 14.5 Å². The Labute approximate surface area is 132 Å². The minimum atomic E-state index is -0.329. The van der Waals surface area contributed by atoms with Crippen LogP contribution in [0.3, 0.4) is 0 Å². The summed E-state index contributed by atoms with van der Waals surface area (Å²) in [5, 5.41) is 2.73. The van der Waals surface area contributed by atoms with Crippen LogP contribution in [0.4, 0.5) is 11.5 Å². The summed E-state index contributed by atoms with van der Waals surface area (Å²) in [6.45, 7) is -0.242. The minimum Gasteiger partial charge on any atom is -0.497 e. The molecule has 7 heteroatoms. The predicted octanol–water partition coefficient (Wildman–Crippen LogP) is 1.45. The van der Waals surface area contributed by atoms with Crippen LogP contribution in [0.15, 0.2) is 42.6 Å². The second-order valence-electron chi connectivity index (χ2n) is 4.87. The molecule has 2 aromatic rings. The summed E-state index contributed by atoms with van der Waals surface area (Å²) in [6.07, 6.45) is 1.55. The summed E-state index contributed by atoms with van der Waals surface area (Å²) < 4.78 is 10.4. The van der Waals surface area contributed by atoms with Gasteiger partial charge in [0.1, 0.15) is 12.3 Å². The molecule has 0 aliphatic carbocycles. The second-order valence-corrected chi connectivity index (χ2v) is 4.87. The summed E-state index contributed by atoms with van der Waals surface area (Å²) in [4.78, 5) is 29.7. The van der Waals surface area contributed by atoms with Gasteiger partial charge in [-0.05, 0) is 24.3 Å². The molecule has 0 fully saturated rings. The van der Waals surface area contributed by atoms with Crippen LogP contribution in [-0.2, 0) is 9.59 Å². The Balaban J connectivity index is 1.73. The summed E-state index contributed by atoms with van der Waals surface area (Å²) in [7, 11) is 1.55. The fourth-order valence-electron chi connectivity index (χ4n) is 2.24. The first-order valence-corrected chi connectivity index (χ1v) is 6.99.